The van der Waals surface area contributed by atoms with Gasteiger partial charge in [-0.3, -0.25) is 0 Å². The van der Waals surface area contributed by atoms with Gasteiger partial charge < -0.3 is 5.11 Å². The zero-order chi connectivity index (χ0) is 15.3. The van der Waals surface area contributed by atoms with Crippen LogP contribution in [0.2, 0.25) is 11.1 Å². The van der Waals surface area contributed by atoms with Gasteiger partial charge in [-0.25, -0.2) is 0 Å². The van der Waals surface area contributed by atoms with E-state index in [2.05, 4.69) is 81.4 Å². The van der Waals surface area contributed by atoms with Crippen LogP contribution in [-0.4, -0.2) is 19.8 Å². The molecular formula is C19H26OSi. The Morgan fingerprint density at radius 3 is 1.57 bits per heavy atom. The van der Waals surface area contributed by atoms with Gasteiger partial charge in [0, 0.05) is 6.61 Å². The van der Waals surface area contributed by atoms with Gasteiger partial charge >= 0.3 is 0 Å². The number of aliphatic hydroxyl groups excluding tert-OH is 1. The van der Waals surface area contributed by atoms with Crippen LogP contribution in [-0.2, 0) is 0 Å². The molecule has 0 radical (unpaired) electrons. The van der Waals surface area contributed by atoms with Crippen LogP contribution in [0.5, 0.6) is 0 Å². The molecule has 0 atom stereocenters. The fourth-order valence-corrected chi connectivity index (χ4v) is 9.09. The van der Waals surface area contributed by atoms with Crippen LogP contribution in [0.3, 0.4) is 0 Å². The number of benzene rings is 2. The third-order valence-corrected chi connectivity index (χ3v) is 10.8. The van der Waals surface area contributed by atoms with Crippen molar-refractivity contribution in [2.75, 3.05) is 6.61 Å². The highest BCUT2D eigenvalue weighted by Crippen LogP contribution is 2.39. The molecule has 2 heteroatoms. The molecule has 2 aromatic rings. The number of rotatable bonds is 5. The second-order valence-electron chi connectivity index (χ2n) is 6.71. The summed E-state index contributed by atoms with van der Waals surface area (Å²) >= 11 is 0. The Kier molecular flexibility index (Phi) is 5.02. The van der Waals surface area contributed by atoms with Crippen LogP contribution < -0.4 is 10.4 Å². The Hall–Kier alpha value is -1.38. The molecule has 2 rings (SSSR count). The molecule has 0 aliphatic carbocycles. The van der Waals surface area contributed by atoms with Crippen molar-refractivity contribution in [3.8, 4) is 0 Å². The molecule has 0 aliphatic rings. The molecule has 0 unspecified atom stereocenters. The summed E-state index contributed by atoms with van der Waals surface area (Å²) in [5.41, 5.74) is 0. The maximum absolute atomic E-state index is 9.41. The Morgan fingerprint density at radius 1 is 0.810 bits per heavy atom. The van der Waals surface area contributed by atoms with Crippen LogP contribution in [0.1, 0.15) is 27.2 Å². The summed E-state index contributed by atoms with van der Waals surface area (Å²) in [7, 11) is -1.93. The lowest BCUT2D eigenvalue weighted by Crippen LogP contribution is -2.64. The molecule has 0 saturated heterocycles. The van der Waals surface area contributed by atoms with Crippen molar-refractivity contribution in [1.29, 1.82) is 0 Å². The molecule has 1 N–H and O–H groups in total. The van der Waals surface area contributed by atoms with Gasteiger partial charge in [0.15, 0.2) is 0 Å². The molecule has 0 aliphatic heterocycles. The highest BCUT2D eigenvalue weighted by molar-refractivity contribution is 7.04. The first-order valence-electron chi connectivity index (χ1n) is 7.74. The number of hydrogen-bond donors (Lipinski definition) is 1. The van der Waals surface area contributed by atoms with Gasteiger partial charge in [-0.2, -0.15) is 0 Å². The molecule has 0 amide bonds. The molecule has 1 nitrogen and oxygen atoms in total. The zero-order valence-electron chi connectivity index (χ0n) is 13.3. The highest BCUT2D eigenvalue weighted by atomic mass is 28.3. The van der Waals surface area contributed by atoms with Crippen LogP contribution in [0.4, 0.5) is 0 Å². The van der Waals surface area contributed by atoms with Crippen LogP contribution in [0.25, 0.3) is 0 Å². The topological polar surface area (TPSA) is 20.2 Å². The largest absolute Gasteiger partial charge is 0.396 e. The maximum Gasteiger partial charge on any atom is 0.123 e. The minimum atomic E-state index is -1.93. The minimum absolute atomic E-state index is 0.199. The van der Waals surface area contributed by atoms with Crippen molar-refractivity contribution in [2.24, 2.45) is 0 Å². The van der Waals surface area contributed by atoms with Crippen molar-refractivity contribution < 1.29 is 5.11 Å². The Morgan fingerprint density at radius 2 is 1.24 bits per heavy atom. The normalized spacial score (nSPS) is 12.4. The predicted molar refractivity (Wildman–Crippen MR) is 94.1 cm³/mol. The quantitative estimate of drug-likeness (QED) is 0.839. The summed E-state index contributed by atoms with van der Waals surface area (Å²) in [6.07, 6.45) is 0.868. The van der Waals surface area contributed by atoms with Gasteiger partial charge in [0.2, 0.25) is 0 Å². The SMILES string of the molecule is CC(C)(C)[Si](CCCO)(c1ccccc1)c1ccccc1. The predicted octanol–water partition coefficient (Wildman–Crippen LogP) is 3.43. The van der Waals surface area contributed by atoms with Gasteiger partial charge in [0.05, 0.1) is 0 Å². The summed E-state index contributed by atoms with van der Waals surface area (Å²) in [6, 6.07) is 22.9. The molecule has 0 heterocycles. The van der Waals surface area contributed by atoms with Crippen molar-refractivity contribution in [1.82, 2.24) is 0 Å². The number of hydrogen-bond acceptors (Lipinski definition) is 1. The second-order valence-corrected chi connectivity index (χ2v) is 11.7. The van der Waals surface area contributed by atoms with Gasteiger partial charge in [-0.1, -0.05) is 91.8 Å². The standard InChI is InChI=1S/C19H26OSi/c1-19(2,3)21(16-10-15-20,17-11-6-4-7-12-17)18-13-8-5-9-14-18/h4-9,11-14,20H,10,15-16H2,1-3H3. The highest BCUT2D eigenvalue weighted by Gasteiger charge is 2.46. The van der Waals surface area contributed by atoms with Gasteiger partial charge in [0.25, 0.3) is 0 Å². The fourth-order valence-electron chi connectivity index (χ4n) is 3.49. The molecule has 0 saturated carbocycles. The first kappa shape index (κ1) is 16.0. The van der Waals surface area contributed by atoms with Gasteiger partial charge in [-0.15, -0.1) is 0 Å². The van der Waals surface area contributed by atoms with Crippen molar-refractivity contribution >= 4 is 18.4 Å². The van der Waals surface area contributed by atoms with Gasteiger partial charge in [0.1, 0.15) is 8.07 Å². The second kappa shape index (κ2) is 6.59. The maximum atomic E-state index is 9.41. The third-order valence-electron chi connectivity index (χ3n) is 4.52. The van der Waals surface area contributed by atoms with E-state index in [1.54, 1.807) is 0 Å². The van der Waals surface area contributed by atoms with E-state index in [1.807, 2.05) is 0 Å². The first-order valence-corrected chi connectivity index (χ1v) is 9.95. The first-order chi connectivity index (χ1) is 10.0. The van der Waals surface area contributed by atoms with Crippen molar-refractivity contribution in [3.63, 3.8) is 0 Å². The van der Waals surface area contributed by atoms with Crippen LogP contribution in [0.15, 0.2) is 60.7 Å². The average Bonchev–Trinajstić information content (AvgIpc) is 2.49. The van der Waals surface area contributed by atoms with E-state index in [-0.39, 0.29) is 11.6 Å². The van der Waals surface area contributed by atoms with Crippen LogP contribution >= 0.6 is 0 Å². The van der Waals surface area contributed by atoms with E-state index in [9.17, 15) is 5.11 Å². The van der Waals surface area contributed by atoms with E-state index < -0.39 is 8.07 Å². The summed E-state index contributed by atoms with van der Waals surface area (Å²) in [6.45, 7) is 7.34. The van der Waals surface area contributed by atoms with E-state index in [1.165, 1.54) is 10.4 Å². The summed E-state index contributed by atoms with van der Waals surface area (Å²) in [5, 5.41) is 12.5. The molecule has 0 aromatic heterocycles. The monoisotopic (exact) mass is 298 g/mol. The van der Waals surface area contributed by atoms with Crippen molar-refractivity contribution in [3.05, 3.63) is 60.7 Å². The van der Waals surface area contributed by atoms with Crippen molar-refractivity contribution in [2.45, 2.75) is 38.3 Å². The zero-order valence-corrected chi connectivity index (χ0v) is 14.3. The molecule has 2 aromatic carbocycles. The molecule has 0 bridgehead atoms. The van der Waals surface area contributed by atoms with E-state index in [0.717, 1.165) is 12.5 Å². The Labute approximate surface area is 129 Å². The van der Waals surface area contributed by atoms with Gasteiger partial charge in [-0.05, 0) is 17.5 Å². The lowest BCUT2D eigenvalue weighted by molar-refractivity contribution is 0.294. The lowest BCUT2D eigenvalue weighted by Gasteiger charge is -2.44. The molecular weight excluding hydrogens is 272 g/mol. The summed E-state index contributed by atoms with van der Waals surface area (Å²) < 4.78 is 0. The summed E-state index contributed by atoms with van der Waals surface area (Å²) in [5.74, 6) is 0. The minimum Gasteiger partial charge on any atom is -0.396 e. The van der Waals surface area contributed by atoms with E-state index in [0.29, 0.717) is 0 Å². The Balaban J connectivity index is 2.66. The third kappa shape index (κ3) is 3.12. The number of aliphatic hydroxyl groups is 1. The molecule has 112 valence electrons. The molecule has 21 heavy (non-hydrogen) atoms. The van der Waals surface area contributed by atoms with E-state index >= 15 is 0 Å². The molecule has 0 fully saturated rings. The fraction of sp³-hybridized carbons (Fsp3) is 0.368. The Bertz CT molecular complexity index is 503. The smallest absolute Gasteiger partial charge is 0.123 e. The van der Waals surface area contributed by atoms with E-state index in [4.69, 9.17) is 0 Å². The van der Waals surface area contributed by atoms with Crippen LogP contribution in [0, 0.1) is 0 Å². The lowest BCUT2D eigenvalue weighted by atomic mass is 10.2. The average molecular weight is 299 g/mol. The summed E-state index contributed by atoms with van der Waals surface area (Å²) in [4.78, 5) is 0. The molecule has 0 spiro atoms.